The second kappa shape index (κ2) is 4.97. The minimum absolute atomic E-state index is 0.141. The summed E-state index contributed by atoms with van der Waals surface area (Å²) in [4.78, 5) is 12.4. The van der Waals surface area contributed by atoms with E-state index in [0.29, 0.717) is 5.41 Å². The fraction of sp³-hybridized carbons (Fsp3) is 0.929. The van der Waals surface area contributed by atoms with Crippen molar-refractivity contribution in [3.63, 3.8) is 0 Å². The Kier molecular flexibility index (Phi) is 3.76. The molecule has 0 aromatic carbocycles. The van der Waals surface area contributed by atoms with Gasteiger partial charge in [0.15, 0.2) is 0 Å². The van der Waals surface area contributed by atoms with Gasteiger partial charge in [0.05, 0.1) is 5.41 Å². The summed E-state index contributed by atoms with van der Waals surface area (Å²) in [5, 5.41) is 6.58. The largest absolute Gasteiger partial charge is 0.355 e. The summed E-state index contributed by atoms with van der Waals surface area (Å²) >= 11 is 0. The smallest absolute Gasteiger partial charge is 0.227 e. The van der Waals surface area contributed by atoms with Crippen molar-refractivity contribution in [2.75, 3.05) is 19.6 Å². The van der Waals surface area contributed by atoms with Crippen LogP contribution in [0.3, 0.4) is 0 Å². The summed E-state index contributed by atoms with van der Waals surface area (Å²) in [5.41, 5.74) is 0.241. The average Bonchev–Trinajstić information content (AvgIpc) is 2.34. The molecule has 1 unspecified atom stereocenters. The molecule has 2 aliphatic rings. The molecule has 1 atom stereocenters. The zero-order chi connectivity index (χ0) is 12.4. The summed E-state index contributed by atoms with van der Waals surface area (Å²) in [7, 11) is 0. The highest BCUT2D eigenvalue weighted by atomic mass is 16.2. The number of piperidine rings is 1. The highest BCUT2D eigenvalue weighted by Crippen LogP contribution is 2.40. The molecule has 2 rings (SSSR count). The molecule has 0 aromatic rings. The predicted octanol–water partition coefficient (Wildman–Crippen LogP) is 2.07. The minimum Gasteiger partial charge on any atom is -0.355 e. The summed E-state index contributed by atoms with van der Waals surface area (Å²) in [6.07, 6.45) is 6.97. The van der Waals surface area contributed by atoms with Gasteiger partial charge in [0.2, 0.25) is 5.91 Å². The Bertz CT molecular complexity index is 278. The summed E-state index contributed by atoms with van der Waals surface area (Å²) in [5.74, 6) is 0.278. The Morgan fingerprint density at radius 1 is 1.29 bits per heavy atom. The Balaban J connectivity index is 1.88. The van der Waals surface area contributed by atoms with E-state index in [9.17, 15) is 4.79 Å². The number of amides is 1. The molecule has 0 bridgehead atoms. The zero-order valence-electron chi connectivity index (χ0n) is 11.3. The third-order valence-electron chi connectivity index (χ3n) is 4.87. The molecule has 1 saturated carbocycles. The number of hydrogen-bond acceptors (Lipinski definition) is 2. The van der Waals surface area contributed by atoms with Crippen LogP contribution in [0, 0.1) is 10.8 Å². The van der Waals surface area contributed by atoms with Crippen molar-refractivity contribution >= 4 is 5.91 Å². The molecule has 0 aromatic heterocycles. The third kappa shape index (κ3) is 2.65. The van der Waals surface area contributed by atoms with Crippen LogP contribution in [-0.2, 0) is 4.79 Å². The summed E-state index contributed by atoms with van der Waals surface area (Å²) < 4.78 is 0. The third-order valence-corrected chi connectivity index (χ3v) is 4.87. The minimum atomic E-state index is -0.141. The maximum atomic E-state index is 12.4. The van der Waals surface area contributed by atoms with E-state index in [1.807, 2.05) is 0 Å². The Morgan fingerprint density at radius 2 is 2.06 bits per heavy atom. The van der Waals surface area contributed by atoms with E-state index in [1.54, 1.807) is 0 Å². The van der Waals surface area contributed by atoms with Crippen molar-refractivity contribution in [3.8, 4) is 0 Å². The molecule has 17 heavy (non-hydrogen) atoms. The number of carbonyl (C=O) groups excluding carboxylic acids is 1. The SMILES string of the molecule is CCC1(C(=O)NCC2(C)CCC2)CCCNC1. The summed E-state index contributed by atoms with van der Waals surface area (Å²) in [6, 6.07) is 0. The van der Waals surface area contributed by atoms with Gasteiger partial charge < -0.3 is 10.6 Å². The van der Waals surface area contributed by atoms with Gasteiger partial charge in [0.1, 0.15) is 0 Å². The van der Waals surface area contributed by atoms with Crippen molar-refractivity contribution in [1.29, 1.82) is 0 Å². The quantitative estimate of drug-likeness (QED) is 0.787. The Morgan fingerprint density at radius 3 is 2.53 bits per heavy atom. The second-order valence-corrected chi connectivity index (χ2v) is 6.26. The lowest BCUT2D eigenvalue weighted by Gasteiger charge is -2.41. The monoisotopic (exact) mass is 238 g/mol. The van der Waals surface area contributed by atoms with Crippen LogP contribution >= 0.6 is 0 Å². The normalized spacial score (nSPS) is 31.6. The van der Waals surface area contributed by atoms with Gasteiger partial charge in [-0.15, -0.1) is 0 Å². The number of hydrogen-bond donors (Lipinski definition) is 2. The topological polar surface area (TPSA) is 41.1 Å². The first-order chi connectivity index (χ1) is 8.10. The number of rotatable bonds is 4. The lowest BCUT2D eigenvalue weighted by molar-refractivity contribution is -0.133. The van der Waals surface area contributed by atoms with Gasteiger partial charge in [-0.3, -0.25) is 4.79 Å². The van der Waals surface area contributed by atoms with E-state index < -0.39 is 0 Å². The molecule has 3 heteroatoms. The Labute approximate surface area is 105 Å². The van der Waals surface area contributed by atoms with Crippen molar-refractivity contribution in [2.45, 2.75) is 52.4 Å². The van der Waals surface area contributed by atoms with Crippen LogP contribution < -0.4 is 10.6 Å². The molecule has 3 nitrogen and oxygen atoms in total. The van der Waals surface area contributed by atoms with Gasteiger partial charge in [0, 0.05) is 13.1 Å². The second-order valence-electron chi connectivity index (χ2n) is 6.26. The zero-order valence-corrected chi connectivity index (χ0v) is 11.3. The molecule has 2 fully saturated rings. The van der Waals surface area contributed by atoms with E-state index in [0.717, 1.165) is 38.9 Å². The van der Waals surface area contributed by atoms with E-state index >= 15 is 0 Å². The fourth-order valence-corrected chi connectivity index (χ4v) is 3.06. The molecule has 0 radical (unpaired) electrons. The molecular formula is C14H26N2O. The van der Waals surface area contributed by atoms with E-state index in [2.05, 4.69) is 24.5 Å². The van der Waals surface area contributed by atoms with Crippen molar-refractivity contribution in [3.05, 3.63) is 0 Å². The maximum absolute atomic E-state index is 12.4. The van der Waals surface area contributed by atoms with E-state index in [4.69, 9.17) is 0 Å². The predicted molar refractivity (Wildman–Crippen MR) is 69.8 cm³/mol. The first-order valence-corrected chi connectivity index (χ1v) is 7.09. The molecule has 98 valence electrons. The molecule has 1 saturated heterocycles. The number of nitrogens with one attached hydrogen (secondary N) is 2. The highest BCUT2D eigenvalue weighted by Gasteiger charge is 2.39. The summed E-state index contributed by atoms with van der Waals surface area (Å²) in [6.45, 7) is 7.21. The van der Waals surface area contributed by atoms with E-state index in [1.165, 1.54) is 19.3 Å². The first kappa shape index (κ1) is 12.9. The average molecular weight is 238 g/mol. The van der Waals surface area contributed by atoms with Crippen LogP contribution in [0.15, 0.2) is 0 Å². The molecule has 1 heterocycles. The van der Waals surface area contributed by atoms with Crippen molar-refractivity contribution in [1.82, 2.24) is 10.6 Å². The van der Waals surface area contributed by atoms with Crippen LogP contribution in [0.2, 0.25) is 0 Å². The van der Waals surface area contributed by atoms with Gasteiger partial charge in [0.25, 0.3) is 0 Å². The van der Waals surface area contributed by atoms with Gasteiger partial charge in [-0.1, -0.05) is 20.3 Å². The van der Waals surface area contributed by atoms with Gasteiger partial charge in [-0.05, 0) is 44.1 Å². The number of carbonyl (C=O) groups is 1. The fourth-order valence-electron chi connectivity index (χ4n) is 3.06. The van der Waals surface area contributed by atoms with Crippen molar-refractivity contribution in [2.24, 2.45) is 10.8 Å². The molecule has 0 spiro atoms. The van der Waals surface area contributed by atoms with Gasteiger partial charge >= 0.3 is 0 Å². The molecule has 1 aliphatic carbocycles. The van der Waals surface area contributed by atoms with Gasteiger partial charge in [-0.2, -0.15) is 0 Å². The first-order valence-electron chi connectivity index (χ1n) is 7.09. The van der Waals surface area contributed by atoms with Crippen LogP contribution in [0.1, 0.15) is 52.4 Å². The molecule has 2 N–H and O–H groups in total. The van der Waals surface area contributed by atoms with Crippen LogP contribution in [0.5, 0.6) is 0 Å². The van der Waals surface area contributed by atoms with Crippen LogP contribution in [0.25, 0.3) is 0 Å². The maximum Gasteiger partial charge on any atom is 0.227 e. The Hall–Kier alpha value is -0.570. The highest BCUT2D eigenvalue weighted by molar-refractivity contribution is 5.83. The molecule has 1 aliphatic heterocycles. The standard InChI is InChI=1S/C14H26N2O/c1-3-14(8-5-9-15-11-14)12(17)16-10-13(2)6-4-7-13/h15H,3-11H2,1-2H3,(H,16,17). The van der Waals surface area contributed by atoms with Crippen molar-refractivity contribution < 1.29 is 4.79 Å². The van der Waals surface area contributed by atoms with Crippen LogP contribution in [0.4, 0.5) is 0 Å². The lowest BCUT2D eigenvalue weighted by Crippen LogP contribution is -2.52. The molecular weight excluding hydrogens is 212 g/mol. The van der Waals surface area contributed by atoms with E-state index in [-0.39, 0.29) is 11.3 Å². The molecule has 1 amide bonds. The van der Waals surface area contributed by atoms with Gasteiger partial charge in [-0.25, -0.2) is 0 Å². The lowest BCUT2D eigenvalue weighted by atomic mass is 9.70. The van der Waals surface area contributed by atoms with Crippen LogP contribution in [-0.4, -0.2) is 25.5 Å².